The first-order valence-electron chi connectivity index (χ1n) is 9.65. The second-order valence-corrected chi connectivity index (χ2v) is 9.55. The van der Waals surface area contributed by atoms with Crippen molar-refractivity contribution >= 4 is 44.9 Å². The lowest BCUT2D eigenvalue weighted by Crippen LogP contribution is -2.23. The first-order chi connectivity index (χ1) is 14.3. The highest BCUT2D eigenvalue weighted by molar-refractivity contribution is 8.00. The first kappa shape index (κ1) is 20.6. The normalized spacial score (nSPS) is 12.3. The maximum absolute atomic E-state index is 12.9. The molecular weight excluding hydrogens is 414 g/mol. The first-order valence-corrected chi connectivity index (χ1v) is 11.3. The van der Waals surface area contributed by atoms with Crippen LogP contribution in [0.5, 0.6) is 0 Å². The summed E-state index contributed by atoms with van der Waals surface area (Å²) in [5.41, 5.74) is 3.68. The van der Waals surface area contributed by atoms with Gasteiger partial charge in [-0.25, -0.2) is 9.97 Å². The molecule has 1 amide bonds. The highest BCUT2D eigenvalue weighted by atomic mass is 32.2. The zero-order valence-corrected chi connectivity index (χ0v) is 19.2. The lowest BCUT2D eigenvalue weighted by atomic mass is 10.2. The SMILES string of the molecule is Cc1nc(SC(C)C(=O)Nc2c(C)nn(C)c2C)c2cc(-c3ccccc3)sc2n1. The quantitative estimate of drug-likeness (QED) is 0.346. The molecule has 0 spiro atoms. The van der Waals surface area contributed by atoms with Crippen molar-refractivity contribution in [2.24, 2.45) is 7.05 Å². The monoisotopic (exact) mass is 437 g/mol. The Morgan fingerprint density at radius 1 is 1.17 bits per heavy atom. The van der Waals surface area contributed by atoms with E-state index in [1.807, 2.05) is 52.9 Å². The number of aryl methyl sites for hydroxylation is 3. The zero-order chi connectivity index (χ0) is 21.4. The number of nitrogens with one attached hydrogen (secondary N) is 1. The summed E-state index contributed by atoms with van der Waals surface area (Å²) in [7, 11) is 1.87. The maximum atomic E-state index is 12.9. The van der Waals surface area contributed by atoms with Crippen molar-refractivity contribution in [1.29, 1.82) is 0 Å². The number of nitrogens with zero attached hydrogens (tertiary/aromatic N) is 4. The van der Waals surface area contributed by atoms with Gasteiger partial charge in [0.2, 0.25) is 5.91 Å². The molecule has 154 valence electrons. The Morgan fingerprint density at radius 2 is 1.90 bits per heavy atom. The van der Waals surface area contributed by atoms with Gasteiger partial charge in [0.15, 0.2) is 0 Å². The van der Waals surface area contributed by atoms with Crippen molar-refractivity contribution in [3.8, 4) is 10.4 Å². The van der Waals surface area contributed by atoms with Crippen LogP contribution in [-0.4, -0.2) is 30.9 Å². The number of hydrogen-bond donors (Lipinski definition) is 1. The maximum Gasteiger partial charge on any atom is 0.237 e. The summed E-state index contributed by atoms with van der Waals surface area (Å²) in [6.45, 7) is 7.63. The lowest BCUT2D eigenvalue weighted by molar-refractivity contribution is -0.115. The number of hydrogen-bond acceptors (Lipinski definition) is 6. The molecule has 8 heteroatoms. The number of aromatic nitrogens is 4. The molecule has 0 radical (unpaired) electrons. The smallest absolute Gasteiger partial charge is 0.237 e. The van der Waals surface area contributed by atoms with Crippen LogP contribution in [0.3, 0.4) is 0 Å². The number of benzene rings is 1. The van der Waals surface area contributed by atoms with Gasteiger partial charge in [-0.15, -0.1) is 11.3 Å². The molecule has 4 rings (SSSR count). The third-order valence-electron chi connectivity index (χ3n) is 4.94. The average molecular weight is 438 g/mol. The van der Waals surface area contributed by atoms with Crippen LogP contribution < -0.4 is 5.32 Å². The van der Waals surface area contributed by atoms with E-state index in [9.17, 15) is 4.79 Å². The molecule has 4 aromatic rings. The fourth-order valence-corrected chi connectivity index (χ4v) is 5.35. The molecule has 6 nitrogen and oxygen atoms in total. The van der Waals surface area contributed by atoms with E-state index in [1.54, 1.807) is 16.0 Å². The Kier molecular flexibility index (Phi) is 5.62. The Balaban J connectivity index is 1.61. The van der Waals surface area contributed by atoms with Crippen LogP contribution in [0.15, 0.2) is 41.4 Å². The summed E-state index contributed by atoms with van der Waals surface area (Å²) in [5.74, 6) is 0.639. The minimum absolute atomic E-state index is 0.0675. The summed E-state index contributed by atoms with van der Waals surface area (Å²) in [4.78, 5) is 24.2. The van der Waals surface area contributed by atoms with Gasteiger partial charge in [0.25, 0.3) is 0 Å². The molecule has 3 aromatic heterocycles. The van der Waals surface area contributed by atoms with Crippen molar-refractivity contribution in [2.45, 2.75) is 38.0 Å². The molecule has 1 atom stereocenters. The van der Waals surface area contributed by atoms with Gasteiger partial charge in [-0.3, -0.25) is 9.48 Å². The molecular formula is C22H23N5OS2. The molecule has 30 heavy (non-hydrogen) atoms. The van der Waals surface area contributed by atoms with E-state index >= 15 is 0 Å². The van der Waals surface area contributed by atoms with Crippen LogP contribution in [0.2, 0.25) is 0 Å². The third kappa shape index (κ3) is 3.97. The summed E-state index contributed by atoms with van der Waals surface area (Å²) >= 11 is 3.11. The van der Waals surface area contributed by atoms with E-state index in [-0.39, 0.29) is 11.2 Å². The topological polar surface area (TPSA) is 72.7 Å². The van der Waals surface area contributed by atoms with E-state index in [4.69, 9.17) is 0 Å². The highest BCUT2D eigenvalue weighted by Gasteiger charge is 2.21. The number of anilines is 1. The highest BCUT2D eigenvalue weighted by Crippen LogP contribution is 2.38. The van der Waals surface area contributed by atoms with Crippen LogP contribution in [0, 0.1) is 20.8 Å². The number of fused-ring (bicyclic) bond motifs is 1. The molecule has 0 fully saturated rings. The van der Waals surface area contributed by atoms with E-state index in [2.05, 4.69) is 38.6 Å². The van der Waals surface area contributed by atoms with Crippen molar-refractivity contribution in [3.63, 3.8) is 0 Å². The zero-order valence-electron chi connectivity index (χ0n) is 17.6. The molecule has 1 unspecified atom stereocenters. The molecule has 0 aliphatic heterocycles. The fourth-order valence-electron chi connectivity index (χ4n) is 3.23. The van der Waals surface area contributed by atoms with Gasteiger partial charge < -0.3 is 5.32 Å². The molecule has 1 N–H and O–H groups in total. The third-order valence-corrected chi connectivity index (χ3v) is 7.12. The van der Waals surface area contributed by atoms with Crippen LogP contribution in [-0.2, 0) is 11.8 Å². The van der Waals surface area contributed by atoms with Crippen molar-refractivity contribution < 1.29 is 4.79 Å². The Morgan fingerprint density at radius 3 is 2.57 bits per heavy atom. The molecule has 0 aliphatic carbocycles. The van der Waals surface area contributed by atoms with Crippen molar-refractivity contribution in [1.82, 2.24) is 19.7 Å². The Labute approximate surface area is 183 Å². The van der Waals surface area contributed by atoms with Crippen molar-refractivity contribution in [2.75, 3.05) is 5.32 Å². The summed E-state index contributed by atoms with van der Waals surface area (Å²) in [6.07, 6.45) is 0. The second kappa shape index (κ2) is 8.20. The predicted octanol–water partition coefficient (Wildman–Crippen LogP) is 5.14. The van der Waals surface area contributed by atoms with Crippen LogP contribution in [0.1, 0.15) is 24.1 Å². The van der Waals surface area contributed by atoms with Crippen LogP contribution in [0.25, 0.3) is 20.7 Å². The van der Waals surface area contributed by atoms with Gasteiger partial charge in [0.05, 0.1) is 22.3 Å². The number of carbonyl (C=O) groups is 1. The van der Waals surface area contributed by atoms with E-state index < -0.39 is 0 Å². The summed E-state index contributed by atoms with van der Waals surface area (Å²) in [5, 5.41) is 8.90. The number of carbonyl (C=O) groups excluding carboxylic acids is 1. The molecule has 1 aromatic carbocycles. The fraction of sp³-hybridized carbons (Fsp3) is 0.273. The van der Waals surface area contributed by atoms with E-state index in [1.165, 1.54) is 11.8 Å². The van der Waals surface area contributed by atoms with Crippen molar-refractivity contribution in [3.05, 3.63) is 53.6 Å². The van der Waals surface area contributed by atoms with Gasteiger partial charge in [-0.1, -0.05) is 42.1 Å². The molecule has 0 bridgehead atoms. The summed E-state index contributed by atoms with van der Waals surface area (Å²) in [6, 6.07) is 12.4. The molecule has 0 aliphatic rings. The second-order valence-electron chi connectivity index (χ2n) is 7.19. The number of thioether (sulfide) groups is 1. The number of thiophene rings is 1. The van der Waals surface area contributed by atoms with Crippen LogP contribution in [0.4, 0.5) is 5.69 Å². The number of amides is 1. The van der Waals surface area contributed by atoms with Gasteiger partial charge in [0.1, 0.15) is 15.7 Å². The average Bonchev–Trinajstić information content (AvgIpc) is 3.25. The van der Waals surface area contributed by atoms with E-state index in [0.29, 0.717) is 5.82 Å². The number of rotatable bonds is 5. The minimum Gasteiger partial charge on any atom is -0.322 e. The van der Waals surface area contributed by atoms with Crippen LogP contribution >= 0.6 is 23.1 Å². The minimum atomic E-state index is -0.318. The Hall–Kier alpha value is -2.71. The van der Waals surface area contributed by atoms with Gasteiger partial charge in [0, 0.05) is 17.3 Å². The van der Waals surface area contributed by atoms with Gasteiger partial charge >= 0.3 is 0 Å². The van der Waals surface area contributed by atoms with Gasteiger partial charge in [-0.2, -0.15) is 5.10 Å². The largest absolute Gasteiger partial charge is 0.322 e. The molecule has 3 heterocycles. The lowest BCUT2D eigenvalue weighted by Gasteiger charge is -2.12. The standard InChI is InChI=1S/C22H23N5OS2/c1-12-19(13(2)27(5)26-12)25-20(28)14(3)29-21-17-11-18(16-9-7-6-8-10-16)30-22(17)24-15(4)23-21/h6-11,14H,1-5H3,(H,25,28). The Bertz CT molecular complexity index is 1230. The van der Waals surface area contributed by atoms with Gasteiger partial charge in [-0.05, 0) is 39.3 Å². The molecule has 0 saturated carbocycles. The molecule has 0 saturated heterocycles. The van der Waals surface area contributed by atoms with E-state index in [0.717, 1.165) is 42.8 Å². The summed E-state index contributed by atoms with van der Waals surface area (Å²) < 4.78 is 1.77. The predicted molar refractivity (Wildman–Crippen MR) is 124 cm³/mol.